The van der Waals surface area contributed by atoms with Gasteiger partial charge in [0.25, 0.3) is 0 Å². The molecule has 1 aliphatic carbocycles. The van der Waals surface area contributed by atoms with Crippen LogP contribution in [-0.4, -0.2) is 46.3 Å². The molecule has 2 heterocycles. The molecule has 2 aliphatic heterocycles. The molecule has 21 heavy (non-hydrogen) atoms. The van der Waals surface area contributed by atoms with Gasteiger partial charge in [0.05, 0.1) is 0 Å². The van der Waals surface area contributed by atoms with E-state index < -0.39 is 0 Å². The van der Waals surface area contributed by atoms with Crippen LogP contribution in [0.15, 0.2) is 0 Å². The third kappa shape index (κ3) is 2.47. The number of hydrogen-bond donors (Lipinski definition) is 0. The first-order chi connectivity index (χ1) is 10.0. The van der Waals surface area contributed by atoms with Gasteiger partial charge >= 0.3 is 0 Å². The monoisotopic (exact) mass is 292 g/mol. The molecule has 118 valence electrons. The molecule has 5 unspecified atom stereocenters. The predicted molar refractivity (Wildman–Crippen MR) is 81.6 cm³/mol. The Labute approximate surface area is 127 Å². The molecule has 0 bridgehead atoms. The summed E-state index contributed by atoms with van der Waals surface area (Å²) in [6.45, 7) is 7.24. The number of piperidine rings is 1. The van der Waals surface area contributed by atoms with E-state index in [4.69, 9.17) is 0 Å². The summed E-state index contributed by atoms with van der Waals surface area (Å²) in [4.78, 5) is 29.4. The quantitative estimate of drug-likeness (QED) is 0.745. The van der Waals surface area contributed by atoms with Crippen LogP contribution in [0.1, 0.15) is 59.3 Å². The Balaban J connectivity index is 1.84. The second kappa shape index (κ2) is 5.62. The first-order valence-corrected chi connectivity index (χ1v) is 8.63. The molecule has 0 radical (unpaired) electrons. The number of hydrogen-bond acceptors (Lipinski definition) is 2. The Hall–Kier alpha value is -1.06. The number of carbonyl (C=O) groups excluding carboxylic acids is 2. The van der Waals surface area contributed by atoms with Crippen LogP contribution in [0.2, 0.25) is 0 Å². The molecule has 3 aliphatic rings. The Morgan fingerprint density at radius 2 is 1.71 bits per heavy atom. The van der Waals surface area contributed by atoms with Crippen molar-refractivity contribution < 1.29 is 9.59 Å². The van der Waals surface area contributed by atoms with Crippen LogP contribution in [0, 0.1) is 11.8 Å². The molecule has 0 aromatic carbocycles. The highest BCUT2D eigenvalue weighted by Gasteiger charge is 2.48. The highest BCUT2D eigenvalue weighted by molar-refractivity contribution is 5.97. The van der Waals surface area contributed by atoms with Gasteiger partial charge in [0.1, 0.15) is 12.1 Å². The number of piperazine rings is 1. The van der Waals surface area contributed by atoms with E-state index in [1.807, 2.05) is 16.7 Å². The molecule has 3 fully saturated rings. The molecule has 4 nitrogen and oxygen atoms in total. The molecule has 1 saturated carbocycles. The van der Waals surface area contributed by atoms with Crippen molar-refractivity contribution in [3.63, 3.8) is 0 Å². The van der Waals surface area contributed by atoms with Crippen molar-refractivity contribution in [2.24, 2.45) is 11.8 Å². The van der Waals surface area contributed by atoms with Gasteiger partial charge in [-0.1, -0.05) is 13.8 Å². The Bertz CT molecular complexity index is 437. The van der Waals surface area contributed by atoms with Gasteiger partial charge in [0.15, 0.2) is 0 Å². The lowest BCUT2D eigenvalue weighted by Gasteiger charge is -2.51. The minimum absolute atomic E-state index is 0.171. The maximum Gasteiger partial charge on any atom is 0.246 e. The molecule has 0 spiro atoms. The van der Waals surface area contributed by atoms with Crippen molar-refractivity contribution in [2.45, 2.75) is 77.4 Å². The highest BCUT2D eigenvalue weighted by Crippen LogP contribution is 2.36. The maximum absolute atomic E-state index is 13.0. The summed E-state index contributed by atoms with van der Waals surface area (Å²) in [6, 6.07) is -0.182. The van der Waals surface area contributed by atoms with Crippen molar-refractivity contribution in [3.8, 4) is 0 Å². The van der Waals surface area contributed by atoms with Crippen LogP contribution in [0.25, 0.3) is 0 Å². The minimum atomic E-state index is -0.271. The standard InChI is InChI=1S/C17H28N2O2/c1-11-7-8-14(12(2)10-11)19-13(3)16(20)18-9-5-4-6-15(18)17(19)21/h11-15H,4-10H2,1-3H3. The molecular weight excluding hydrogens is 264 g/mol. The lowest BCUT2D eigenvalue weighted by molar-refractivity contribution is -0.167. The SMILES string of the molecule is CC1CCC(N2C(=O)C3CCCCN3C(=O)C2C)C(C)C1. The van der Waals surface area contributed by atoms with E-state index in [0.29, 0.717) is 5.92 Å². The van der Waals surface area contributed by atoms with Gasteiger partial charge < -0.3 is 9.80 Å². The fourth-order valence-corrected chi connectivity index (χ4v) is 4.69. The highest BCUT2D eigenvalue weighted by atomic mass is 16.2. The molecule has 5 atom stereocenters. The zero-order valence-electron chi connectivity index (χ0n) is 13.5. The zero-order valence-corrected chi connectivity index (χ0v) is 13.5. The predicted octanol–water partition coefficient (Wildman–Crippen LogP) is 2.42. The van der Waals surface area contributed by atoms with Crippen LogP contribution in [0.5, 0.6) is 0 Å². The summed E-state index contributed by atoms with van der Waals surface area (Å²) in [5.74, 6) is 1.63. The first kappa shape index (κ1) is 14.9. The van der Waals surface area contributed by atoms with E-state index in [-0.39, 0.29) is 29.9 Å². The molecular formula is C17H28N2O2. The van der Waals surface area contributed by atoms with Gasteiger partial charge in [0, 0.05) is 12.6 Å². The molecule has 0 aromatic heterocycles. The fourth-order valence-electron chi connectivity index (χ4n) is 4.69. The third-order valence-electron chi connectivity index (χ3n) is 5.84. The van der Waals surface area contributed by atoms with Gasteiger partial charge in [-0.3, -0.25) is 9.59 Å². The second-order valence-corrected chi connectivity index (χ2v) is 7.43. The summed E-state index contributed by atoms with van der Waals surface area (Å²) in [7, 11) is 0. The average Bonchev–Trinajstić information content (AvgIpc) is 2.47. The van der Waals surface area contributed by atoms with E-state index in [0.717, 1.165) is 38.1 Å². The zero-order chi connectivity index (χ0) is 15.1. The van der Waals surface area contributed by atoms with E-state index >= 15 is 0 Å². The van der Waals surface area contributed by atoms with Crippen molar-refractivity contribution in [1.29, 1.82) is 0 Å². The summed E-state index contributed by atoms with van der Waals surface area (Å²) in [5.41, 5.74) is 0. The van der Waals surface area contributed by atoms with Crippen LogP contribution in [0.3, 0.4) is 0 Å². The van der Waals surface area contributed by atoms with Crippen molar-refractivity contribution in [2.75, 3.05) is 6.54 Å². The molecule has 0 aromatic rings. The average molecular weight is 292 g/mol. The summed E-state index contributed by atoms with van der Waals surface area (Å²) in [6.07, 6.45) is 6.36. The smallest absolute Gasteiger partial charge is 0.246 e. The molecule has 2 amide bonds. The van der Waals surface area contributed by atoms with Crippen molar-refractivity contribution in [1.82, 2.24) is 9.80 Å². The fraction of sp³-hybridized carbons (Fsp3) is 0.882. The number of amides is 2. The van der Waals surface area contributed by atoms with Gasteiger partial charge in [-0.25, -0.2) is 0 Å². The summed E-state index contributed by atoms with van der Waals surface area (Å²) >= 11 is 0. The summed E-state index contributed by atoms with van der Waals surface area (Å²) in [5, 5.41) is 0. The summed E-state index contributed by atoms with van der Waals surface area (Å²) < 4.78 is 0. The number of fused-ring (bicyclic) bond motifs is 1. The lowest BCUT2D eigenvalue weighted by atomic mass is 9.78. The van der Waals surface area contributed by atoms with Crippen LogP contribution in [0.4, 0.5) is 0 Å². The van der Waals surface area contributed by atoms with Crippen LogP contribution in [-0.2, 0) is 9.59 Å². The van der Waals surface area contributed by atoms with Gasteiger partial charge in [-0.2, -0.15) is 0 Å². The number of nitrogens with zero attached hydrogens (tertiary/aromatic N) is 2. The van der Waals surface area contributed by atoms with Crippen LogP contribution < -0.4 is 0 Å². The minimum Gasteiger partial charge on any atom is -0.329 e. The van der Waals surface area contributed by atoms with Crippen molar-refractivity contribution >= 4 is 11.8 Å². The lowest BCUT2D eigenvalue weighted by Crippen LogP contribution is -2.68. The maximum atomic E-state index is 13.0. The molecule has 2 saturated heterocycles. The largest absolute Gasteiger partial charge is 0.329 e. The Kier molecular flexibility index (Phi) is 3.98. The molecule has 4 heteroatoms. The molecule has 3 rings (SSSR count). The van der Waals surface area contributed by atoms with Gasteiger partial charge in [0.2, 0.25) is 11.8 Å². The first-order valence-electron chi connectivity index (χ1n) is 8.63. The van der Waals surface area contributed by atoms with E-state index in [1.165, 1.54) is 12.8 Å². The number of rotatable bonds is 1. The Morgan fingerprint density at radius 1 is 0.952 bits per heavy atom. The number of carbonyl (C=O) groups is 2. The molecule has 0 N–H and O–H groups in total. The van der Waals surface area contributed by atoms with E-state index in [9.17, 15) is 9.59 Å². The van der Waals surface area contributed by atoms with Crippen molar-refractivity contribution in [3.05, 3.63) is 0 Å². The normalized spacial score (nSPS) is 41.2. The third-order valence-corrected chi connectivity index (χ3v) is 5.84. The van der Waals surface area contributed by atoms with E-state index in [2.05, 4.69) is 13.8 Å². The van der Waals surface area contributed by atoms with E-state index in [1.54, 1.807) is 0 Å². The van der Waals surface area contributed by atoms with Gasteiger partial charge in [-0.05, 0) is 57.3 Å². The Morgan fingerprint density at radius 3 is 2.43 bits per heavy atom. The topological polar surface area (TPSA) is 40.6 Å². The van der Waals surface area contributed by atoms with Crippen LogP contribution >= 0.6 is 0 Å². The second-order valence-electron chi connectivity index (χ2n) is 7.43. The van der Waals surface area contributed by atoms with Gasteiger partial charge in [-0.15, -0.1) is 0 Å².